The molecule has 0 saturated heterocycles. The summed E-state index contributed by atoms with van der Waals surface area (Å²) in [5, 5.41) is 8.36. The molecule has 0 aromatic carbocycles. The van der Waals surface area contributed by atoms with Gasteiger partial charge in [-0.15, -0.1) is 0 Å². The van der Waals surface area contributed by atoms with E-state index in [4.69, 9.17) is 16.6 Å². The van der Waals surface area contributed by atoms with Crippen LogP contribution in [0.1, 0.15) is 19.8 Å². The van der Waals surface area contributed by atoms with Crippen LogP contribution < -0.4 is 11.5 Å². The first-order valence-corrected chi connectivity index (χ1v) is 4.81. The molecule has 92 valence electrons. The lowest BCUT2D eigenvalue weighted by Crippen LogP contribution is -2.36. The van der Waals surface area contributed by atoms with E-state index < -0.39 is 29.9 Å². The molecule has 5 N–H and O–H groups in total. The van der Waals surface area contributed by atoms with Gasteiger partial charge in [-0.3, -0.25) is 9.59 Å². The van der Waals surface area contributed by atoms with Crippen LogP contribution in [0.3, 0.4) is 0 Å². The van der Waals surface area contributed by atoms with E-state index in [1.807, 2.05) is 0 Å². The van der Waals surface area contributed by atoms with E-state index in [0.29, 0.717) is 0 Å². The summed E-state index contributed by atoms with van der Waals surface area (Å²) in [7, 11) is 0. The Morgan fingerprint density at radius 2 is 1.88 bits per heavy atom. The second-order valence-electron chi connectivity index (χ2n) is 3.42. The van der Waals surface area contributed by atoms with Crippen LogP contribution in [0.5, 0.6) is 0 Å². The van der Waals surface area contributed by atoms with E-state index in [0.717, 1.165) is 0 Å². The average molecular weight is 232 g/mol. The predicted octanol–water partition coefficient (Wildman–Crippen LogP) is -1.16. The maximum atomic E-state index is 11.2. The van der Waals surface area contributed by atoms with Crippen molar-refractivity contribution in [2.45, 2.75) is 25.8 Å². The molecule has 0 aromatic rings. The molecule has 0 aliphatic rings. The lowest BCUT2D eigenvalue weighted by molar-refractivity contribution is -0.163. The first-order valence-electron chi connectivity index (χ1n) is 4.81. The maximum Gasteiger partial charge on any atom is 0.330 e. The number of esters is 2. The van der Waals surface area contributed by atoms with Crippen molar-refractivity contribution in [3.8, 4) is 0 Å². The van der Waals surface area contributed by atoms with Gasteiger partial charge in [-0.1, -0.05) is 6.92 Å². The minimum absolute atomic E-state index is 0.0659. The summed E-state index contributed by atoms with van der Waals surface area (Å²) < 4.78 is 4.42. The molecule has 1 unspecified atom stereocenters. The summed E-state index contributed by atoms with van der Waals surface area (Å²) in [6, 6.07) is -1.11. The van der Waals surface area contributed by atoms with Crippen molar-refractivity contribution in [3.05, 3.63) is 0 Å². The molecule has 0 rings (SSSR count). The smallest absolute Gasteiger partial charge is 0.330 e. The van der Waals surface area contributed by atoms with Crippen LogP contribution >= 0.6 is 0 Å². The molecule has 16 heavy (non-hydrogen) atoms. The number of hydrogen-bond donors (Lipinski definition) is 3. The zero-order valence-corrected chi connectivity index (χ0v) is 9.01. The van der Waals surface area contributed by atoms with Crippen LogP contribution in [-0.2, 0) is 19.1 Å². The quantitative estimate of drug-likeness (QED) is 0.388. The molecule has 0 aromatic heterocycles. The van der Waals surface area contributed by atoms with E-state index in [2.05, 4.69) is 4.74 Å². The predicted molar refractivity (Wildman–Crippen MR) is 54.2 cm³/mol. The Hall–Kier alpha value is -1.47. The van der Waals surface area contributed by atoms with E-state index in [9.17, 15) is 14.4 Å². The van der Waals surface area contributed by atoms with Gasteiger partial charge in [-0.2, -0.15) is 0 Å². The molecule has 0 amide bonds. The molecule has 0 spiro atoms. The third-order valence-corrected chi connectivity index (χ3v) is 1.93. The first-order chi connectivity index (χ1) is 7.38. The fraction of sp³-hybridized carbons (Fsp3) is 0.667. The minimum atomic E-state index is -1.11. The molecule has 7 nitrogen and oxygen atoms in total. The van der Waals surface area contributed by atoms with Crippen molar-refractivity contribution in [1.82, 2.24) is 0 Å². The van der Waals surface area contributed by atoms with Gasteiger partial charge < -0.3 is 21.3 Å². The van der Waals surface area contributed by atoms with Gasteiger partial charge >= 0.3 is 17.9 Å². The Kier molecular flexibility index (Phi) is 6.28. The van der Waals surface area contributed by atoms with Crippen molar-refractivity contribution >= 4 is 17.9 Å². The molecule has 7 heteroatoms. The van der Waals surface area contributed by atoms with Gasteiger partial charge in [0.05, 0.1) is 5.92 Å². The van der Waals surface area contributed by atoms with Gasteiger partial charge in [0.15, 0.2) is 0 Å². The van der Waals surface area contributed by atoms with Crippen LogP contribution in [0.15, 0.2) is 0 Å². The van der Waals surface area contributed by atoms with Gasteiger partial charge in [-0.25, -0.2) is 4.79 Å². The Bertz CT molecular complexity index is 279. The summed E-state index contributed by atoms with van der Waals surface area (Å²) in [6.07, 6.45) is -0.324. The molecule has 0 fully saturated rings. The van der Waals surface area contributed by atoms with Crippen LogP contribution in [0, 0.1) is 5.92 Å². The number of carbonyl (C=O) groups excluding carboxylic acids is 2. The highest BCUT2D eigenvalue weighted by molar-refractivity contribution is 5.89. The Morgan fingerprint density at radius 1 is 1.31 bits per heavy atom. The van der Waals surface area contributed by atoms with E-state index >= 15 is 0 Å². The monoisotopic (exact) mass is 232 g/mol. The molecule has 0 aliphatic heterocycles. The number of hydrogen-bond acceptors (Lipinski definition) is 6. The van der Waals surface area contributed by atoms with Crippen molar-refractivity contribution in [1.29, 1.82) is 0 Å². The van der Waals surface area contributed by atoms with E-state index in [1.54, 1.807) is 0 Å². The van der Waals surface area contributed by atoms with Crippen LogP contribution in [0.2, 0.25) is 0 Å². The van der Waals surface area contributed by atoms with Crippen molar-refractivity contribution < 1.29 is 24.2 Å². The highest BCUT2D eigenvalue weighted by atomic mass is 16.6. The summed E-state index contributed by atoms with van der Waals surface area (Å²) in [4.78, 5) is 32.5. The largest absolute Gasteiger partial charge is 0.481 e. The van der Waals surface area contributed by atoms with E-state index in [1.165, 1.54) is 6.92 Å². The lowest BCUT2D eigenvalue weighted by atomic mass is 10.1. The van der Waals surface area contributed by atoms with E-state index in [-0.39, 0.29) is 19.4 Å². The number of aliphatic carboxylic acids is 1. The summed E-state index contributed by atoms with van der Waals surface area (Å²) in [5.41, 5.74) is 10.5. The van der Waals surface area contributed by atoms with Gasteiger partial charge in [0.1, 0.15) is 6.04 Å². The lowest BCUT2D eigenvalue weighted by Gasteiger charge is -2.11. The fourth-order valence-electron chi connectivity index (χ4n) is 0.768. The number of carboxylic acids is 1. The fourth-order valence-corrected chi connectivity index (χ4v) is 0.768. The molecule has 2 atom stereocenters. The van der Waals surface area contributed by atoms with Gasteiger partial charge in [0.2, 0.25) is 0 Å². The number of carboxylic acid groups (broad SMARTS) is 1. The molecule has 0 bridgehead atoms. The van der Waals surface area contributed by atoms with Crippen molar-refractivity contribution in [2.24, 2.45) is 17.4 Å². The number of ether oxygens (including phenoxy) is 1. The third-order valence-electron chi connectivity index (χ3n) is 1.93. The Balaban J connectivity index is 4.05. The second-order valence-corrected chi connectivity index (χ2v) is 3.42. The second kappa shape index (κ2) is 6.91. The van der Waals surface area contributed by atoms with Gasteiger partial charge in [0, 0.05) is 13.0 Å². The van der Waals surface area contributed by atoms with Crippen LogP contribution in [0.4, 0.5) is 0 Å². The first kappa shape index (κ1) is 14.5. The normalized spacial score (nSPS) is 13.9. The Labute approximate surface area is 92.7 Å². The number of nitrogens with two attached hydrogens (primary N) is 2. The minimum Gasteiger partial charge on any atom is -0.481 e. The summed E-state index contributed by atoms with van der Waals surface area (Å²) in [6.45, 7) is 1.58. The molecular formula is C9H16N2O5. The zero-order valence-electron chi connectivity index (χ0n) is 9.01. The number of carbonyl (C=O) groups is 3. The highest BCUT2D eigenvalue weighted by Crippen LogP contribution is 2.01. The molecule has 0 saturated carbocycles. The average Bonchev–Trinajstić information content (AvgIpc) is 2.24. The summed E-state index contributed by atoms with van der Waals surface area (Å²) in [5.74, 6) is -3.33. The van der Waals surface area contributed by atoms with Crippen LogP contribution in [0.25, 0.3) is 0 Å². The van der Waals surface area contributed by atoms with Crippen molar-refractivity contribution in [3.63, 3.8) is 0 Å². The number of rotatable bonds is 6. The molecule has 0 aliphatic carbocycles. The standard InChI is InChI=1S/C9H16N2O5/c1-5(4-10)8(14)16-9(15)6(11)2-3-7(12)13/h5-6H,2-4,10-11H2,1H3,(H,12,13)/t5?,6-/m0/s1. The van der Waals surface area contributed by atoms with Crippen molar-refractivity contribution in [2.75, 3.05) is 6.54 Å². The third kappa shape index (κ3) is 5.42. The zero-order chi connectivity index (χ0) is 12.7. The molecule has 0 radical (unpaired) electrons. The maximum absolute atomic E-state index is 11.2. The topological polar surface area (TPSA) is 133 Å². The summed E-state index contributed by atoms with van der Waals surface area (Å²) >= 11 is 0. The highest BCUT2D eigenvalue weighted by Gasteiger charge is 2.22. The molecule has 0 heterocycles. The molecular weight excluding hydrogens is 216 g/mol. The Morgan fingerprint density at radius 3 is 2.31 bits per heavy atom. The SMILES string of the molecule is CC(CN)C(=O)OC(=O)[C@@H](N)CCC(=O)O. The van der Waals surface area contributed by atoms with Gasteiger partial charge in [0.25, 0.3) is 0 Å². The van der Waals surface area contributed by atoms with Crippen LogP contribution in [-0.4, -0.2) is 35.6 Å². The van der Waals surface area contributed by atoms with Gasteiger partial charge in [-0.05, 0) is 6.42 Å².